The monoisotopic (exact) mass is 395 g/mol. The number of hydrogen-bond donors (Lipinski definition) is 0. The van der Waals surface area contributed by atoms with Gasteiger partial charge in [-0.3, -0.25) is 0 Å². The largest absolute Gasteiger partial charge is 0.372 e. The molecular weight excluding hydrogens is 368 g/mol. The second-order valence-electron chi connectivity index (χ2n) is 8.26. The van der Waals surface area contributed by atoms with Crippen molar-refractivity contribution >= 4 is 11.4 Å². The van der Waals surface area contributed by atoms with Crippen LogP contribution < -0.4 is 9.80 Å². The van der Waals surface area contributed by atoms with E-state index in [1.54, 1.807) is 0 Å². The van der Waals surface area contributed by atoms with Crippen LogP contribution in [0, 0.1) is 40.7 Å². The molecule has 5 heteroatoms. The fourth-order valence-corrected chi connectivity index (χ4v) is 4.93. The Labute approximate surface area is 171 Å². The highest BCUT2D eigenvalue weighted by Crippen LogP contribution is 2.37. The lowest BCUT2D eigenvalue weighted by atomic mass is 9.74. The Kier molecular flexibility index (Phi) is 5.99. The third-order valence-electron chi connectivity index (χ3n) is 6.63. The second-order valence-corrected chi connectivity index (χ2v) is 8.26. The van der Waals surface area contributed by atoms with Crippen LogP contribution in [0.25, 0.3) is 0 Å². The fourth-order valence-electron chi connectivity index (χ4n) is 4.93. The summed E-state index contributed by atoms with van der Waals surface area (Å²) < 4.78 is 26.3. The van der Waals surface area contributed by atoms with Crippen molar-refractivity contribution < 1.29 is 8.78 Å². The first-order valence-corrected chi connectivity index (χ1v) is 10.5. The highest BCUT2D eigenvalue weighted by atomic mass is 19.1. The van der Waals surface area contributed by atoms with Gasteiger partial charge in [0, 0.05) is 37.6 Å². The number of rotatable bonds is 4. The minimum Gasteiger partial charge on any atom is -0.372 e. The Hall–Kier alpha value is -2.61. The van der Waals surface area contributed by atoms with Crippen molar-refractivity contribution in [2.45, 2.75) is 25.7 Å². The van der Waals surface area contributed by atoms with Crippen LogP contribution in [0.4, 0.5) is 20.2 Å². The molecule has 3 nitrogen and oxygen atoms in total. The molecule has 0 saturated carbocycles. The van der Waals surface area contributed by atoms with Crippen molar-refractivity contribution in [3.05, 3.63) is 60.2 Å². The average molecular weight is 395 g/mol. The summed E-state index contributed by atoms with van der Waals surface area (Å²) in [6.45, 7) is 3.68. The molecule has 2 aromatic rings. The number of hydrogen-bond acceptors (Lipinski definition) is 3. The second kappa shape index (κ2) is 8.82. The van der Waals surface area contributed by atoms with Crippen molar-refractivity contribution in [2.24, 2.45) is 17.8 Å². The summed E-state index contributed by atoms with van der Waals surface area (Å²) in [7, 11) is 0. The van der Waals surface area contributed by atoms with Crippen molar-refractivity contribution in [3.8, 4) is 6.07 Å². The molecule has 0 unspecified atom stereocenters. The highest BCUT2D eigenvalue weighted by Gasteiger charge is 2.34. The van der Waals surface area contributed by atoms with Crippen LogP contribution in [0.15, 0.2) is 48.5 Å². The SMILES string of the molecule is N#CC(C1CCN(c2ccc(F)cc2)CC1)C1CCN(c2ccc(F)cc2)CC1. The molecule has 2 heterocycles. The first-order chi connectivity index (χ1) is 14.1. The van der Waals surface area contributed by atoms with Gasteiger partial charge >= 0.3 is 0 Å². The van der Waals surface area contributed by atoms with Gasteiger partial charge in [0.2, 0.25) is 0 Å². The maximum Gasteiger partial charge on any atom is 0.123 e. The van der Waals surface area contributed by atoms with Gasteiger partial charge in [-0.2, -0.15) is 5.26 Å². The number of anilines is 2. The quantitative estimate of drug-likeness (QED) is 0.709. The van der Waals surface area contributed by atoms with Gasteiger partial charge in [0.1, 0.15) is 11.6 Å². The lowest BCUT2D eigenvalue weighted by Gasteiger charge is -2.40. The summed E-state index contributed by atoms with van der Waals surface area (Å²) >= 11 is 0. The van der Waals surface area contributed by atoms with Crippen molar-refractivity contribution in [1.82, 2.24) is 0 Å². The number of benzene rings is 2. The van der Waals surface area contributed by atoms with E-state index in [9.17, 15) is 14.0 Å². The molecule has 0 bridgehead atoms. The lowest BCUT2D eigenvalue weighted by molar-refractivity contribution is 0.215. The van der Waals surface area contributed by atoms with E-state index in [2.05, 4.69) is 15.9 Å². The van der Waals surface area contributed by atoms with E-state index in [1.165, 1.54) is 24.3 Å². The van der Waals surface area contributed by atoms with E-state index >= 15 is 0 Å². The van der Waals surface area contributed by atoms with Gasteiger partial charge in [-0.05, 0) is 86.1 Å². The molecule has 0 atom stereocenters. The Morgan fingerprint density at radius 2 is 1.03 bits per heavy atom. The number of nitrogens with zero attached hydrogens (tertiary/aromatic N) is 3. The molecule has 0 N–H and O–H groups in total. The molecule has 2 fully saturated rings. The summed E-state index contributed by atoms with van der Waals surface area (Å²) in [6, 6.07) is 16.0. The fraction of sp³-hybridized carbons (Fsp3) is 0.458. The van der Waals surface area contributed by atoms with E-state index in [4.69, 9.17) is 0 Å². The van der Waals surface area contributed by atoms with Crippen LogP contribution in [0.1, 0.15) is 25.7 Å². The van der Waals surface area contributed by atoms with E-state index in [1.807, 2.05) is 24.3 Å². The molecule has 2 aliphatic rings. The van der Waals surface area contributed by atoms with Crippen LogP contribution in [0.3, 0.4) is 0 Å². The Morgan fingerprint density at radius 3 is 1.34 bits per heavy atom. The van der Waals surface area contributed by atoms with Gasteiger partial charge in [-0.1, -0.05) is 0 Å². The predicted octanol–water partition coefficient (Wildman–Crippen LogP) is 5.24. The van der Waals surface area contributed by atoms with Gasteiger partial charge in [-0.25, -0.2) is 8.78 Å². The number of piperidine rings is 2. The Bertz CT molecular complexity index is 762. The van der Waals surface area contributed by atoms with Crippen LogP contribution in [-0.4, -0.2) is 26.2 Å². The lowest BCUT2D eigenvalue weighted by Crippen LogP contribution is -2.41. The van der Waals surface area contributed by atoms with E-state index in [0.29, 0.717) is 11.8 Å². The minimum absolute atomic E-state index is 0.0979. The molecule has 0 spiro atoms. The molecular formula is C24H27F2N3. The molecule has 29 heavy (non-hydrogen) atoms. The molecule has 0 amide bonds. The first-order valence-electron chi connectivity index (χ1n) is 10.5. The zero-order valence-electron chi connectivity index (χ0n) is 16.6. The van der Waals surface area contributed by atoms with E-state index in [0.717, 1.165) is 63.2 Å². The van der Waals surface area contributed by atoms with Gasteiger partial charge in [-0.15, -0.1) is 0 Å². The molecule has 0 aliphatic carbocycles. The maximum absolute atomic E-state index is 13.2. The number of nitriles is 1. The molecule has 4 rings (SSSR count). The Balaban J connectivity index is 1.31. The maximum atomic E-state index is 13.2. The molecule has 2 aromatic carbocycles. The van der Waals surface area contributed by atoms with Crippen molar-refractivity contribution in [3.63, 3.8) is 0 Å². The van der Waals surface area contributed by atoms with Gasteiger partial charge < -0.3 is 9.80 Å². The molecule has 0 aromatic heterocycles. The van der Waals surface area contributed by atoms with Crippen molar-refractivity contribution in [2.75, 3.05) is 36.0 Å². The van der Waals surface area contributed by atoms with Crippen LogP contribution >= 0.6 is 0 Å². The van der Waals surface area contributed by atoms with E-state index in [-0.39, 0.29) is 17.6 Å². The van der Waals surface area contributed by atoms with Crippen LogP contribution in [0.2, 0.25) is 0 Å². The van der Waals surface area contributed by atoms with Crippen molar-refractivity contribution in [1.29, 1.82) is 5.26 Å². The first kappa shape index (κ1) is 19.7. The molecule has 152 valence electrons. The molecule has 2 saturated heterocycles. The van der Waals surface area contributed by atoms with Crippen LogP contribution in [-0.2, 0) is 0 Å². The van der Waals surface area contributed by atoms with Gasteiger partial charge in [0.15, 0.2) is 0 Å². The normalized spacial score (nSPS) is 18.8. The third-order valence-corrected chi connectivity index (χ3v) is 6.63. The topological polar surface area (TPSA) is 30.3 Å². The average Bonchev–Trinajstić information content (AvgIpc) is 2.76. The van der Waals surface area contributed by atoms with Crippen LogP contribution in [0.5, 0.6) is 0 Å². The highest BCUT2D eigenvalue weighted by molar-refractivity contribution is 5.47. The zero-order chi connectivity index (χ0) is 20.2. The standard InChI is InChI=1S/C24H27F2N3/c25-20-1-5-22(6-2-20)28-13-9-18(10-14-28)24(17-27)19-11-15-29(16-12-19)23-7-3-21(26)4-8-23/h1-8,18-19,24H,9-16H2. The summed E-state index contributed by atoms with van der Waals surface area (Å²) in [4.78, 5) is 4.59. The smallest absolute Gasteiger partial charge is 0.123 e. The van der Waals surface area contributed by atoms with Gasteiger partial charge in [0.25, 0.3) is 0 Å². The van der Waals surface area contributed by atoms with E-state index < -0.39 is 0 Å². The number of halogens is 2. The summed E-state index contributed by atoms with van der Waals surface area (Å²) in [6.07, 6.45) is 4.03. The zero-order valence-corrected chi connectivity index (χ0v) is 16.6. The predicted molar refractivity (Wildman–Crippen MR) is 112 cm³/mol. The summed E-state index contributed by atoms with van der Waals surface area (Å²) in [5, 5.41) is 9.90. The third kappa shape index (κ3) is 4.53. The Morgan fingerprint density at radius 1 is 0.690 bits per heavy atom. The minimum atomic E-state index is -0.208. The summed E-state index contributed by atoms with van der Waals surface area (Å²) in [5.41, 5.74) is 2.12. The molecule has 0 radical (unpaired) electrons. The summed E-state index contributed by atoms with van der Waals surface area (Å²) in [5.74, 6) is 0.541. The van der Waals surface area contributed by atoms with Gasteiger partial charge in [0.05, 0.1) is 12.0 Å². The molecule has 2 aliphatic heterocycles.